The van der Waals surface area contributed by atoms with Crippen LogP contribution in [0.2, 0.25) is 0 Å². The van der Waals surface area contributed by atoms with Gasteiger partial charge in [-0.25, -0.2) is 9.97 Å². The van der Waals surface area contributed by atoms with Crippen molar-refractivity contribution in [2.45, 2.75) is 34.2 Å². The third-order valence-electron chi connectivity index (χ3n) is 3.85. The van der Waals surface area contributed by atoms with Crippen LogP contribution in [-0.4, -0.2) is 26.6 Å². The summed E-state index contributed by atoms with van der Waals surface area (Å²) in [5.74, 6) is 1.42. The van der Waals surface area contributed by atoms with E-state index in [-0.39, 0.29) is 5.41 Å². The van der Waals surface area contributed by atoms with Crippen LogP contribution in [0.15, 0.2) is 6.33 Å². The first kappa shape index (κ1) is 13.6. The Balaban J connectivity index is 2.53. The zero-order chi connectivity index (χ0) is 14.2. The summed E-state index contributed by atoms with van der Waals surface area (Å²) in [6.07, 6.45) is 1.47. The molecule has 0 fully saturated rings. The van der Waals surface area contributed by atoms with Gasteiger partial charge < -0.3 is 10.5 Å². The highest BCUT2D eigenvalue weighted by Crippen LogP contribution is 2.31. The molecular formula is C13H21N5O. The lowest BCUT2D eigenvalue weighted by Gasteiger charge is -2.29. The Kier molecular flexibility index (Phi) is 3.34. The molecule has 6 heteroatoms. The number of hydrogen-bond acceptors (Lipinski definition) is 5. The molecule has 0 amide bonds. The van der Waals surface area contributed by atoms with Crippen molar-refractivity contribution in [1.82, 2.24) is 19.5 Å². The van der Waals surface area contributed by atoms with Gasteiger partial charge >= 0.3 is 0 Å². The lowest BCUT2D eigenvalue weighted by atomic mass is 9.81. The average molecular weight is 263 g/mol. The molecule has 2 heterocycles. The van der Waals surface area contributed by atoms with Crippen LogP contribution in [0.3, 0.4) is 0 Å². The van der Waals surface area contributed by atoms with Crippen LogP contribution in [0.5, 0.6) is 5.88 Å². The number of imidazole rings is 1. The normalized spacial score (nSPS) is 12.3. The minimum atomic E-state index is 0.0972. The summed E-state index contributed by atoms with van der Waals surface area (Å²) in [5.41, 5.74) is 7.44. The van der Waals surface area contributed by atoms with E-state index in [1.54, 1.807) is 7.11 Å². The van der Waals surface area contributed by atoms with Crippen molar-refractivity contribution in [3.8, 4) is 5.88 Å². The van der Waals surface area contributed by atoms with Crippen LogP contribution in [0.1, 0.15) is 27.7 Å². The van der Waals surface area contributed by atoms with Crippen molar-refractivity contribution in [1.29, 1.82) is 0 Å². The molecule has 2 aromatic rings. The molecule has 0 aliphatic rings. The van der Waals surface area contributed by atoms with Crippen molar-refractivity contribution in [3.05, 3.63) is 6.33 Å². The maximum Gasteiger partial charge on any atom is 0.245 e. The van der Waals surface area contributed by atoms with Crippen molar-refractivity contribution in [2.75, 3.05) is 12.8 Å². The Bertz CT molecular complexity index is 588. The third kappa shape index (κ3) is 2.34. The van der Waals surface area contributed by atoms with E-state index in [1.807, 2.05) is 4.57 Å². The number of methoxy groups -OCH3 is 1. The van der Waals surface area contributed by atoms with Crippen LogP contribution in [0.25, 0.3) is 11.2 Å². The molecule has 0 unspecified atom stereocenters. The molecule has 2 rings (SSSR count). The average Bonchev–Trinajstić information content (AvgIpc) is 2.65. The van der Waals surface area contributed by atoms with Crippen molar-refractivity contribution >= 4 is 17.1 Å². The largest absolute Gasteiger partial charge is 0.479 e. The quantitative estimate of drug-likeness (QED) is 0.913. The van der Waals surface area contributed by atoms with Crippen LogP contribution >= 0.6 is 0 Å². The lowest BCUT2D eigenvalue weighted by Crippen LogP contribution is -2.26. The summed E-state index contributed by atoms with van der Waals surface area (Å²) >= 11 is 0. The molecule has 0 saturated carbocycles. The topological polar surface area (TPSA) is 78.8 Å². The number of nitrogens with two attached hydrogens (primary N) is 1. The highest BCUT2D eigenvalue weighted by molar-refractivity contribution is 5.78. The summed E-state index contributed by atoms with van der Waals surface area (Å²) < 4.78 is 7.12. The first-order valence-corrected chi connectivity index (χ1v) is 6.37. The maximum absolute atomic E-state index is 6.01. The highest BCUT2D eigenvalue weighted by Gasteiger charge is 2.26. The van der Waals surface area contributed by atoms with Gasteiger partial charge in [0.15, 0.2) is 11.2 Å². The third-order valence-corrected chi connectivity index (χ3v) is 3.85. The number of nitrogens with zero attached hydrogens (tertiary/aromatic N) is 4. The first-order chi connectivity index (χ1) is 8.86. The summed E-state index contributed by atoms with van der Waals surface area (Å²) in [7, 11) is 1.56. The van der Waals surface area contributed by atoms with Crippen molar-refractivity contribution in [3.63, 3.8) is 0 Å². The molecule has 19 heavy (non-hydrogen) atoms. The van der Waals surface area contributed by atoms with Gasteiger partial charge in [0.2, 0.25) is 11.8 Å². The van der Waals surface area contributed by atoms with E-state index in [0.717, 1.165) is 12.2 Å². The van der Waals surface area contributed by atoms with E-state index in [1.165, 1.54) is 6.33 Å². The molecule has 104 valence electrons. The van der Waals surface area contributed by atoms with E-state index in [2.05, 4.69) is 42.6 Å². The van der Waals surface area contributed by atoms with Crippen LogP contribution in [0.4, 0.5) is 5.95 Å². The minimum Gasteiger partial charge on any atom is -0.479 e. The predicted octanol–water partition coefficient (Wildman–Crippen LogP) is 2.10. The smallest absolute Gasteiger partial charge is 0.245 e. The van der Waals surface area contributed by atoms with Crippen LogP contribution in [0, 0.1) is 11.3 Å². The van der Waals surface area contributed by atoms with Gasteiger partial charge in [-0.3, -0.25) is 4.57 Å². The molecule has 0 radical (unpaired) electrons. The SMILES string of the molecule is COc1ncnc2c1nc(N)n2CC(C)(C)C(C)C. The van der Waals surface area contributed by atoms with E-state index in [0.29, 0.717) is 23.3 Å². The summed E-state index contributed by atoms with van der Waals surface area (Å²) in [4.78, 5) is 12.6. The fourth-order valence-corrected chi connectivity index (χ4v) is 1.83. The molecule has 0 aromatic carbocycles. The monoisotopic (exact) mass is 263 g/mol. The van der Waals surface area contributed by atoms with Gasteiger partial charge in [0.1, 0.15) is 6.33 Å². The standard InChI is InChI=1S/C13H21N5O/c1-8(2)13(3,4)6-18-10-9(17-12(18)14)11(19-5)16-7-15-10/h7-8H,6H2,1-5H3,(H2,14,17). The van der Waals surface area contributed by atoms with Gasteiger partial charge in [0.25, 0.3) is 0 Å². The molecular weight excluding hydrogens is 242 g/mol. The number of rotatable bonds is 4. The van der Waals surface area contributed by atoms with E-state index in [4.69, 9.17) is 10.5 Å². The predicted molar refractivity (Wildman–Crippen MR) is 74.9 cm³/mol. The number of anilines is 1. The number of nitrogen functional groups attached to an aromatic ring is 1. The number of fused-ring (bicyclic) bond motifs is 1. The molecule has 0 saturated heterocycles. The highest BCUT2D eigenvalue weighted by atomic mass is 16.5. The van der Waals surface area contributed by atoms with Gasteiger partial charge in [-0.05, 0) is 11.3 Å². The second-order valence-corrected chi connectivity index (χ2v) is 5.75. The maximum atomic E-state index is 6.01. The fraction of sp³-hybridized carbons (Fsp3) is 0.615. The van der Waals surface area contributed by atoms with Crippen molar-refractivity contribution in [2.24, 2.45) is 11.3 Å². The second-order valence-electron chi connectivity index (χ2n) is 5.75. The molecule has 0 spiro atoms. The van der Waals surface area contributed by atoms with Gasteiger partial charge in [0.05, 0.1) is 7.11 Å². The summed E-state index contributed by atoms with van der Waals surface area (Å²) in [6, 6.07) is 0. The van der Waals surface area contributed by atoms with Crippen LogP contribution < -0.4 is 10.5 Å². The van der Waals surface area contributed by atoms with Gasteiger partial charge in [-0.15, -0.1) is 0 Å². The Labute approximate surface area is 113 Å². The second kappa shape index (κ2) is 4.68. The Morgan fingerprint density at radius 2 is 2.05 bits per heavy atom. The Morgan fingerprint density at radius 3 is 2.63 bits per heavy atom. The molecule has 6 nitrogen and oxygen atoms in total. The fourth-order valence-electron chi connectivity index (χ4n) is 1.83. The molecule has 2 N–H and O–H groups in total. The molecule has 0 aliphatic heterocycles. The Hall–Kier alpha value is -1.85. The summed E-state index contributed by atoms with van der Waals surface area (Å²) in [5, 5.41) is 0. The summed E-state index contributed by atoms with van der Waals surface area (Å²) in [6.45, 7) is 9.58. The number of ether oxygens (including phenoxy) is 1. The molecule has 0 aliphatic carbocycles. The molecule has 0 bridgehead atoms. The molecule has 0 atom stereocenters. The van der Waals surface area contributed by atoms with Crippen molar-refractivity contribution < 1.29 is 4.74 Å². The lowest BCUT2D eigenvalue weighted by molar-refractivity contribution is 0.213. The first-order valence-electron chi connectivity index (χ1n) is 6.37. The zero-order valence-electron chi connectivity index (χ0n) is 12.1. The van der Waals surface area contributed by atoms with E-state index >= 15 is 0 Å². The van der Waals surface area contributed by atoms with Gasteiger partial charge in [-0.2, -0.15) is 4.98 Å². The van der Waals surface area contributed by atoms with E-state index in [9.17, 15) is 0 Å². The Morgan fingerprint density at radius 1 is 1.37 bits per heavy atom. The zero-order valence-corrected chi connectivity index (χ0v) is 12.1. The van der Waals surface area contributed by atoms with Gasteiger partial charge in [0, 0.05) is 6.54 Å². The van der Waals surface area contributed by atoms with Crippen LogP contribution in [-0.2, 0) is 6.54 Å². The number of hydrogen-bond donors (Lipinski definition) is 1. The van der Waals surface area contributed by atoms with E-state index < -0.39 is 0 Å². The van der Waals surface area contributed by atoms with Gasteiger partial charge in [-0.1, -0.05) is 27.7 Å². The minimum absolute atomic E-state index is 0.0972. The number of aromatic nitrogens is 4. The molecule has 2 aromatic heterocycles.